The molecule has 0 aliphatic carbocycles. The van der Waals surface area contributed by atoms with E-state index in [9.17, 15) is 13.2 Å². The van der Waals surface area contributed by atoms with E-state index in [1.807, 2.05) is 37.3 Å². The quantitative estimate of drug-likeness (QED) is 0.777. The summed E-state index contributed by atoms with van der Waals surface area (Å²) >= 11 is 5.80. The molecule has 1 N–H and O–H groups in total. The van der Waals surface area contributed by atoms with E-state index in [0.717, 1.165) is 5.56 Å². The van der Waals surface area contributed by atoms with Gasteiger partial charge in [0.1, 0.15) is 0 Å². The molecule has 0 fully saturated rings. The highest BCUT2D eigenvalue weighted by Gasteiger charge is 2.25. The van der Waals surface area contributed by atoms with E-state index in [0.29, 0.717) is 24.3 Å². The molecule has 0 aliphatic heterocycles. The lowest BCUT2D eigenvalue weighted by Gasteiger charge is -2.18. The van der Waals surface area contributed by atoms with Crippen LogP contribution in [-0.4, -0.2) is 20.2 Å². The zero-order chi connectivity index (χ0) is 17.6. The average molecular weight is 366 g/mol. The normalized spacial score (nSPS) is 12.8. The number of ketones is 1. The fraction of sp³-hybridized carbons (Fsp3) is 0.278. The van der Waals surface area contributed by atoms with Crippen molar-refractivity contribution >= 4 is 27.4 Å². The number of Topliss-reactive ketones (excluding diaryl/α,β-unsaturated/α-hetero) is 1. The smallest absolute Gasteiger partial charge is 0.241 e. The number of sulfonamides is 1. The molecule has 0 bridgehead atoms. The zero-order valence-electron chi connectivity index (χ0n) is 13.4. The van der Waals surface area contributed by atoms with Crippen LogP contribution in [0.15, 0.2) is 59.5 Å². The van der Waals surface area contributed by atoms with Crippen LogP contribution in [0.5, 0.6) is 0 Å². The van der Waals surface area contributed by atoms with Crippen LogP contribution in [0, 0.1) is 0 Å². The van der Waals surface area contributed by atoms with Crippen LogP contribution in [0.2, 0.25) is 5.02 Å². The van der Waals surface area contributed by atoms with Crippen molar-refractivity contribution in [2.45, 2.75) is 37.1 Å². The Morgan fingerprint density at radius 1 is 1.08 bits per heavy atom. The first-order valence-corrected chi connectivity index (χ1v) is 9.63. The number of carbonyl (C=O) groups is 1. The SMILES string of the molecule is CCCC(=O)C(Cc1ccccc1)NS(=O)(=O)c1ccc(Cl)cc1. The Morgan fingerprint density at radius 2 is 1.71 bits per heavy atom. The van der Waals surface area contributed by atoms with Crippen molar-refractivity contribution in [2.24, 2.45) is 0 Å². The molecule has 0 aromatic heterocycles. The van der Waals surface area contributed by atoms with Gasteiger partial charge in [0.25, 0.3) is 0 Å². The minimum Gasteiger partial charge on any atom is -0.298 e. The van der Waals surface area contributed by atoms with E-state index in [2.05, 4.69) is 4.72 Å². The Labute approximate surface area is 147 Å². The summed E-state index contributed by atoms with van der Waals surface area (Å²) in [7, 11) is -3.79. The van der Waals surface area contributed by atoms with Gasteiger partial charge in [0, 0.05) is 11.4 Å². The number of rotatable bonds is 8. The van der Waals surface area contributed by atoms with Gasteiger partial charge in [-0.3, -0.25) is 4.79 Å². The van der Waals surface area contributed by atoms with Crippen molar-refractivity contribution in [1.82, 2.24) is 4.72 Å². The average Bonchev–Trinajstić information content (AvgIpc) is 2.55. The van der Waals surface area contributed by atoms with Gasteiger partial charge in [0.2, 0.25) is 10.0 Å². The second-order valence-electron chi connectivity index (χ2n) is 5.53. The van der Waals surface area contributed by atoms with Gasteiger partial charge in [-0.1, -0.05) is 48.9 Å². The molecule has 0 radical (unpaired) electrons. The number of hydrogen-bond acceptors (Lipinski definition) is 3. The molecular formula is C18H20ClNO3S. The van der Waals surface area contributed by atoms with E-state index < -0.39 is 16.1 Å². The number of benzene rings is 2. The van der Waals surface area contributed by atoms with E-state index in [1.54, 1.807) is 0 Å². The van der Waals surface area contributed by atoms with Gasteiger partial charge in [0.15, 0.2) is 5.78 Å². The van der Waals surface area contributed by atoms with Gasteiger partial charge in [-0.25, -0.2) is 13.1 Å². The van der Waals surface area contributed by atoms with Crippen LogP contribution in [-0.2, 0) is 21.2 Å². The number of hydrogen-bond donors (Lipinski definition) is 1. The van der Waals surface area contributed by atoms with Crippen molar-refractivity contribution in [2.75, 3.05) is 0 Å². The highest BCUT2D eigenvalue weighted by molar-refractivity contribution is 7.89. The third-order valence-corrected chi connectivity index (χ3v) is 5.33. The molecule has 0 heterocycles. The van der Waals surface area contributed by atoms with E-state index in [-0.39, 0.29) is 10.7 Å². The van der Waals surface area contributed by atoms with Gasteiger partial charge < -0.3 is 0 Å². The summed E-state index contributed by atoms with van der Waals surface area (Å²) in [6.45, 7) is 1.89. The predicted octanol–water partition coefficient (Wildman–Crippen LogP) is 3.60. The second kappa shape index (κ2) is 8.42. The first kappa shape index (κ1) is 18.6. The minimum absolute atomic E-state index is 0.0919. The Morgan fingerprint density at radius 3 is 2.29 bits per heavy atom. The third-order valence-electron chi connectivity index (χ3n) is 3.59. The highest BCUT2D eigenvalue weighted by Crippen LogP contribution is 2.16. The van der Waals surface area contributed by atoms with Crippen molar-refractivity contribution < 1.29 is 13.2 Å². The molecule has 6 heteroatoms. The largest absolute Gasteiger partial charge is 0.298 e. The number of nitrogens with one attached hydrogen (secondary N) is 1. The van der Waals surface area contributed by atoms with Crippen LogP contribution >= 0.6 is 11.6 Å². The third kappa shape index (κ3) is 5.16. The summed E-state index contributed by atoms with van der Waals surface area (Å²) in [6, 6.07) is 14.5. The first-order chi connectivity index (χ1) is 11.4. The van der Waals surface area contributed by atoms with Crippen molar-refractivity contribution in [3.05, 3.63) is 65.2 Å². The Balaban J connectivity index is 2.23. The first-order valence-electron chi connectivity index (χ1n) is 7.77. The summed E-state index contributed by atoms with van der Waals surface area (Å²) in [5.41, 5.74) is 0.908. The topological polar surface area (TPSA) is 63.2 Å². The lowest BCUT2D eigenvalue weighted by atomic mass is 10.0. The van der Waals surface area contributed by atoms with Crippen LogP contribution in [0.4, 0.5) is 0 Å². The van der Waals surface area contributed by atoms with Gasteiger partial charge in [-0.15, -0.1) is 0 Å². The van der Waals surface area contributed by atoms with Gasteiger partial charge >= 0.3 is 0 Å². The molecule has 24 heavy (non-hydrogen) atoms. The summed E-state index contributed by atoms with van der Waals surface area (Å²) in [5, 5.41) is 0.455. The van der Waals surface area contributed by atoms with Gasteiger partial charge in [-0.05, 0) is 42.7 Å². The summed E-state index contributed by atoms with van der Waals surface area (Å²) in [4.78, 5) is 12.5. The van der Waals surface area contributed by atoms with Crippen LogP contribution in [0.25, 0.3) is 0 Å². The molecule has 1 atom stereocenters. The monoisotopic (exact) mass is 365 g/mol. The van der Waals surface area contributed by atoms with Crippen molar-refractivity contribution in [3.8, 4) is 0 Å². The van der Waals surface area contributed by atoms with Crippen molar-refractivity contribution in [3.63, 3.8) is 0 Å². The molecule has 1 unspecified atom stereocenters. The Kier molecular flexibility index (Phi) is 6.54. The predicted molar refractivity (Wildman–Crippen MR) is 95.6 cm³/mol. The Bertz CT molecular complexity index is 774. The fourth-order valence-corrected chi connectivity index (χ4v) is 3.71. The van der Waals surface area contributed by atoms with E-state index in [1.165, 1.54) is 24.3 Å². The number of carbonyl (C=O) groups excluding carboxylic acids is 1. The van der Waals surface area contributed by atoms with Crippen LogP contribution in [0.3, 0.4) is 0 Å². The minimum atomic E-state index is -3.79. The maximum atomic E-state index is 12.5. The van der Waals surface area contributed by atoms with Crippen LogP contribution in [0.1, 0.15) is 25.3 Å². The standard InChI is InChI=1S/C18H20ClNO3S/c1-2-6-18(21)17(13-14-7-4-3-5-8-14)20-24(22,23)16-11-9-15(19)10-12-16/h3-5,7-12,17,20H,2,6,13H2,1H3. The fourth-order valence-electron chi connectivity index (χ4n) is 2.36. The maximum absolute atomic E-state index is 12.5. The molecule has 2 aromatic carbocycles. The van der Waals surface area contributed by atoms with E-state index in [4.69, 9.17) is 11.6 Å². The lowest BCUT2D eigenvalue weighted by molar-refractivity contribution is -0.120. The zero-order valence-corrected chi connectivity index (χ0v) is 15.0. The summed E-state index contributed by atoms with van der Waals surface area (Å²) in [5.74, 6) is -0.112. The molecule has 0 aliphatic rings. The maximum Gasteiger partial charge on any atom is 0.241 e. The molecule has 4 nitrogen and oxygen atoms in total. The molecule has 128 valence electrons. The summed E-state index contributed by atoms with van der Waals surface area (Å²) < 4.78 is 27.6. The summed E-state index contributed by atoms with van der Waals surface area (Å²) in [6.07, 6.45) is 1.33. The molecule has 2 rings (SSSR count). The van der Waals surface area contributed by atoms with Gasteiger partial charge in [0.05, 0.1) is 10.9 Å². The lowest BCUT2D eigenvalue weighted by Crippen LogP contribution is -2.42. The van der Waals surface area contributed by atoms with Crippen molar-refractivity contribution in [1.29, 1.82) is 0 Å². The molecule has 0 spiro atoms. The molecular weight excluding hydrogens is 346 g/mol. The van der Waals surface area contributed by atoms with E-state index >= 15 is 0 Å². The van der Waals surface area contributed by atoms with Gasteiger partial charge in [-0.2, -0.15) is 0 Å². The second-order valence-corrected chi connectivity index (χ2v) is 7.68. The molecule has 0 saturated carbocycles. The number of halogens is 1. The molecule has 0 amide bonds. The highest BCUT2D eigenvalue weighted by atomic mass is 35.5. The molecule has 2 aromatic rings. The molecule has 0 saturated heterocycles. The van der Waals surface area contributed by atoms with Crippen LogP contribution < -0.4 is 4.72 Å². The Hall–Kier alpha value is -1.69.